The monoisotopic (exact) mass is 569 g/mol. The van der Waals surface area contributed by atoms with Crippen LogP contribution in [-0.4, -0.2) is 56.0 Å². The molecule has 2 aromatic rings. The largest absolute Gasteiger partial charge is 0.454 e. The molecule has 0 saturated carbocycles. The summed E-state index contributed by atoms with van der Waals surface area (Å²) in [5.74, 6) is 1.15. The van der Waals surface area contributed by atoms with Crippen LogP contribution in [0.3, 0.4) is 0 Å². The van der Waals surface area contributed by atoms with Gasteiger partial charge in [0.25, 0.3) is 0 Å². The van der Waals surface area contributed by atoms with Crippen LogP contribution in [0.15, 0.2) is 53.5 Å². The number of para-hydroxylation sites is 2. The predicted molar refractivity (Wildman–Crippen MR) is 140 cm³/mol. The molecule has 1 aliphatic heterocycles. The van der Waals surface area contributed by atoms with Crippen molar-refractivity contribution in [2.75, 3.05) is 33.2 Å². The van der Waals surface area contributed by atoms with Crippen molar-refractivity contribution in [1.29, 1.82) is 0 Å². The second-order valence-corrected chi connectivity index (χ2v) is 7.70. The Balaban J connectivity index is 0.00000385. The Labute approximate surface area is 212 Å². The summed E-state index contributed by atoms with van der Waals surface area (Å²) in [6.07, 6.45) is 1.88. The smallest absolute Gasteiger partial charge is 0.233 e. The highest BCUT2D eigenvalue weighted by Crippen LogP contribution is 2.27. The first kappa shape index (κ1) is 26.8. The maximum absolute atomic E-state index is 14.0. The number of hydrogen-bond donors (Lipinski definition) is 3. The normalized spacial score (nSPS) is 14.8. The van der Waals surface area contributed by atoms with Crippen LogP contribution in [-0.2, 0) is 11.3 Å². The van der Waals surface area contributed by atoms with Gasteiger partial charge in [0.2, 0.25) is 5.91 Å². The number of carbonyl (C=O) groups is 1. The number of likely N-dealkylation sites (tertiary alicyclic amines) is 1. The van der Waals surface area contributed by atoms with E-state index in [0.717, 1.165) is 44.0 Å². The van der Waals surface area contributed by atoms with Crippen molar-refractivity contribution in [2.45, 2.75) is 32.4 Å². The van der Waals surface area contributed by atoms with Crippen molar-refractivity contribution in [2.24, 2.45) is 4.99 Å². The second kappa shape index (κ2) is 14.0. The lowest BCUT2D eigenvalue weighted by Crippen LogP contribution is -2.50. The number of piperidine rings is 1. The Morgan fingerprint density at radius 3 is 2.45 bits per heavy atom. The number of nitrogens with zero attached hydrogens (tertiary/aromatic N) is 2. The molecule has 1 aliphatic rings. The average Bonchev–Trinajstić information content (AvgIpc) is 2.81. The van der Waals surface area contributed by atoms with Crippen molar-refractivity contribution in [3.63, 3.8) is 0 Å². The topological polar surface area (TPSA) is 78.0 Å². The molecule has 3 rings (SSSR count). The number of ether oxygens (including phenoxy) is 1. The van der Waals surface area contributed by atoms with Gasteiger partial charge in [-0.3, -0.25) is 9.69 Å². The maximum atomic E-state index is 14.0. The van der Waals surface area contributed by atoms with Gasteiger partial charge in [-0.15, -0.1) is 24.0 Å². The van der Waals surface area contributed by atoms with Crippen LogP contribution >= 0.6 is 24.0 Å². The highest BCUT2D eigenvalue weighted by atomic mass is 127. The van der Waals surface area contributed by atoms with Gasteiger partial charge in [0.1, 0.15) is 5.75 Å². The van der Waals surface area contributed by atoms with E-state index < -0.39 is 5.82 Å². The maximum Gasteiger partial charge on any atom is 0.233 e. The van der Waals surface area contributed by atoms with Gasteiger partial charge in [-0.25, -0.2) is 9.38 Å². The number of carbonyl (C=O) groups excluding carboxylic acids is 1. The number of guanidine groups is 1. The lowest BCUT2D eigenvalue weighted by Gasteiger charge is -2.32. The third-order valence-electron chi connectivity index (χ3n) is 5.36. The van der Waals surface area contributed by atoms with E-state index in [1.165, 1.54) is 6.07 Å². The molecule has 1 heterocycles. The number of aliphatic imine (C=N–C) groups is 1. The van der Waals surface area contributed by atoms with E-state index in [1.54, 1.807) is 25.2 Å². The number of halogens is 2. The second-order valence-electron chi connectivity index (χ2n) is 7.70. The van der Waals surface area contributed by atoms with E-state index in [1.807, 2.05) is 31.2 Å². The predicted octanol–water partition coefficient (Wildman–Crippen LogP) is 3.50. The molecule has 0 aromatic heterocycles. The molecule has 1 saturated heterocycles. The number of likely N-dealkylation sites (N-methyl/N-ethyl adjacent to an activating group) is 1. The molecule has 1 fully saturated rings. The molecule has 0 atom stereocenters. The highest BCUT2D eigenvalue weighted by molar-refractivity contribution is 14.0. The number of hydrogen-bond acceptors (Lipinski definition) is 4. The minimum Gasteiger partial charge on any atom is -0.454 e. The van der Waals surface area contributed by atoms with E-state index in [0.29, 0.717) is 24.9 Å². The average molecular weight is 569 g/mol. The summed E-state index contributed by atoms with van der Waals surface area (Å²) in [4.78, 5) is 18.5. The first-order valence-corrected chi connectivity index (χ1v) is 11.1. The fourth-order valence-electron chi connectivity index (χ4n) is 3.58. The zero-order valence-electron chi connectivity index (χ0n) is 19.1. The summed E-state index contributed by atoms with van der Waals surface area (Å²) in [5.41, 5.74) is 0.869. The summed E-state index contributed by atoms with van der Waals surface area (Å²) >= 11 is 0. The zero-order chi connectivity index (χ0) is 22.8. The molecule has 1 amide bonds. The third kappa shape index (κ3) is 8.47. The molecule has 2 aromatic carbocycles. The molecule has 0 aliphatic carbocycles. The van der Waals surface area contributed by atoms with Gasteiger partial charge in [0.05, 0.1) is 13.1 Å². The third-order valence-corrected chi connectivity index (χ3v) is 5.36. The van der Waals surface area contributed by atoms with Crippen LogP contribution in [0.2, 0.25) is 0 Å². The summed E-state index contributed by atoms with van der Waals surface area (Å²) in [5, 5.41) is 9.47. The summed E-state index contributed by atoms with van der Waals surface area (Å²) in [7, 11) is 1.66. The molecular weight excluding hydrogens is 536 g/mol. The molecule has 180 valence electrons. The molecule has 0 bridgehead atoms. The Bertz CT molecular complexity index is 919. The molecule has 3 N–H and O–H groups in total. The van der Waals surface area contributed by atoms with Gasteiger partial charge in [-0.1, -0.05) is 30.3 Å². The minimum absolute atomic E-state index is 0. The van der Waals surface area contributed by atoms with E-state index in [2.05, 4.69) is 20.9 Å². The molecule has 33 heavy (non-hydrogen) atoms. The van der Waals surface area contributed by atoms with Crippen molar-refractivity contribution in [1.82, 2.24) is 20.9 Å². The van der Waals surface area contributed by atoms with Crippen molar-refractivity contribution in [3.05, 3.63) is 59.9 Å². The van der Waals surface area contributed by atoms with Crippen molar-refractivity contribution < 1.29 is 13.9 Å². The number of nitrogens with one attached hydrogen (secondary N) is 3. The molecule has 0 spiro atoms. The van der Waals surface area contributed by atoms with Gasteiger partial charge in [-0.2, -0.15) is 0 Å². The lowest BCUT2D eigenvalue weighted by molar-refractivity contribution is -0.122. The van der Waals surface area contributed by atoms with Gasteiger partial charge < -0.3 is 20.7 Å². The van der Waals surface area contributed by atoms with E-state index in [9.17, 15) is 9.18 Å². The van der Waals surface area contributed by atoms with Gasteiger partial charge in [0.15, 0.2) is 17.5 Å². The Morgan fingerprint density at radius 1 is 1.12 bits per heavy atom. The van der Waals surface area contributed by atoms with E-state index >= 15 is 0 Å². The quantitative estimate of drug-likeness (QED) is 0.258. The van der Waals surface area contributed by atoms with Crippen LogP contribution in [0.5, 0.6) is 11.5 Å². The summed E-state index contributed by atoms with van der Waals surface area (Å²) in [6.45, 7) is 5.34. The minimum atomic E-state index is -0.399. The fourth-order valence-corrected chi connectivity index (χ4v) is 3.58. The Kier molecular flexibility index (Phi) is 11.4. The fraction of sp³-hybridized carbons (Fsp3) is 0.417. The van der Waals surface area contributed by atoms with Crippen LogP contribution in [0, 0.1) is 5.82 Å². The molecule has 9 heteroatoms. The van der Waals surface area contributed by atoms with Crippen LogP contribution in [0.4, 0.5) is 4.39 Å². The summed E-state index contributed by atoms with van der Waals surface area (Å²) in [6, 6.07) is 14.2. The summed E-state index contributed by atoms with van der Waals surface area (Å²) < 4.78 is 19.8. The molecule has 0 radical (unpaired) electrons. The standard InChI is InChI=1S/C24H32FN5O2.HI/c1-3-27-24(29-19-12-14-30(15-13-19)17-23(31)26-2)28-16-18-8-4-6-10-21(18)32-22-11-7-5-9-20(22)25;/h4-11,19H,3,12-17H2,1-2H3,(H,26,31)(H2,27,28,29);1H. The van der Waals surface area contributed by atoms with E-state index in [4.69, 9.17) is 9.73 Å². The lowest BCUT2D eigenvalue weighted by atomic mass is 10.1. The van der Waals surface area contributed by atoms with Crippen LogP contribution < -0.4 is 20.7 Å². The highest BCUT2D eigenvalue weighted by Gasteiger charge is 2.21. The van der Waals surface area contributed by atoms with Crippen LogP contribution in [0.25, 0.3) is 0 Å². The van der Waals surface area contributed by atoms with Crippen LogP contribution in [0.1, 0.15) is 25.3 Å². The van der Waals surface area contributed by atoms with E-state index in [-0.39, 0.29) is 35.6 Å². The number of benzene rings is 2. The van der Waals surface area contributed by atoms with Crippen molar-refractivity contribution in [3.8, 4) is 11.5 Å². The molecule has 7 nitrogen and oxygen atoms in total. The van der Waals surface area contributed by atoms with Gasteiger partial charge >= 0.3 is 0 Å². The SMILES string of the molecule is CCNC(=NCc1ccccc1Oc1ccccc1F)NC1CCN(CC(=O)NC)CC1.I. The molecular formula is C24H33FIN5O2. The van der Waals surface area contributed by atoms with Gasteiger partial charge in [0, 0.05) is 38.3 Å². The Hall–Kier alpha value is -2.40. The zero-order valence-corrected chi connectivity index (χ0v) is 21.5. The van der Waals surface area contributed by atoms with Gasteiger partial charge in [-0.05, 0) is 38.0 Å². The first-order chi connectivity index (χ1) is 15.6. The molecule has 0 unspecified atom stereocenters. The van der Waals surface area contributed by atoms with Crippen molar-refractivity contribution >= 4 is 35.8 Å². The number of amides is 1. The first-order valence-electron chi connectivity index (χ1n) is 11.1. The Morgan fingerprint density at radius 2 is 1.79 bits per heavy atom. The number of rotatable bonds is 8.